The number of carbonyl (C=O) groups is 2. The minimum absolute atomic E-state index is 0.00744. The molecule has 4 rings (SSSR count). The average Bonchev–Trinajstić information content (AvgIpc) is 2.79. The number of hydrogen-bond donors (Lipinski definition) is 3. The molecule has 1 fully saturated rings. The van der Waals surface area contributed by atoms with Crippen molar-refractivity contribution in [2.24, 2.45) is 5.41 Å². The Morgan fingerprint density at radius 3 is 2.22 bits per heavy atom. The molecule has 0 radical (unpaired) electrons. The summed E-state index contributed by atoms with van der Waals surface area (Å²) in [6.07, 6.45) is 0.0862. The van der Waals surface area contributed by atoms with E-state index < -0.39 is 40.7 Å². The quantitative estimate of drug-likeness (QED) is 0.362. The lowest BCUT2D eigenvalue weighted by atomic mass is 9.69. The fourth-order valence-electron chi connectivity index (χ4n) is 3.66. The van der Waals surface area contributed by atoms with Gasteiger partial charge in [0.05, 0.1) is 11.3 Å². The van der Waals surface area contributed by atoms with Crippen molar-refractivity contribution in [1.29, 1.82) is 0 Å². The first-order valence-electron chi connectivity index (χ1n) is 10.8. The molecular weight excluding hydrogens is 484 g/mol. The van der Waals surface area contributed by atoms with E-state index in [-0.39, 0.29) is 12.6 Å². The molecule has 1 saturated carbocycles. The van der Waals surface area contributed by atoms with Crippen LogP contribution in [-0.2, 0) is 11.0 Å². The van der Waals surface area contributed by atoms with Crippen LogP contribution in [0.25, 0.3) is 11.1 Å². The Balaban J connectivity index is 1.36. The number of carbonyl (C=O) groups excluding carboxylic acids is 1. The van der Waals surface area contributed by atoms with Gasteiger partial charge in [-0.2, -0.15) is 13.2 Å². The third kappa shape index (κ3) is 5.53. The summed E-state index contributed by atoms with van der Waals surface area (Å²) in [6.45, 7) is -0.00744. The number of ether oxygens (including phenoxy) is 1. The zero-order valence-corrected chi connectivity index (χ0v) is 18.6. The van der Waals surface area contributed by atoms with E-state index in [9.17, 15) is 32.3 Å². The maximum Gasteiger partial charge on any atom is 0.418 e. The highest BCUT2D eigenvalue weighted by atomic mass is 19.4. The van der Waals surface area contributed by atoms with Crippen molar-refractivity contribution >= 4 is 23.4 Å². The van der Waals surface area contributed by atoms with E-state index in [1.807, 2.05) is 0 Å². The minimum Gasteiger partial charge on any atom is -0.481 e. The topological polar surface area (TPSA) is 113 Å². The summed E-state index contributed by atoms with van der Waals surface area (Å²) in [5.74, 6) is -1.97. The standard InChI is InChI=1S/C24H20F4N4O4/c25-16-4-7-19(18(10-16)24(26,27)28)32-21(35)31-17-5-2-14(3-6-17)15-11-29-22(30-12-15)36-13-23(20(33)34)8-1-9-23/h2-7,10-12H,1,8-9,13H2,(H,33,34)(H2,31,32,35). The van der Waals surface area contributed by atoms with Gasteiger partial charge in [-0.15, -0.1) is 0 Å². The molecule has 2 amide bonds. The van der Waals surface area contributed by atoms with Crippen LogP contribution < -0.4 is 15.4 Å². The first-order valence-corrected chi connectivity index (χ1v) is 10.8. The number of carboxylic acids is 1. The Morgan fingerprint density at radius 2 is 1.67 bits per heavy atom. The van der Waals surface area contributed by atoms with Gasteiger partial charge in [0.15, 0.2) is 0 Å². The van der Waals surface area contributed by atoms with Crippen molar-refractivity contribution in [1.82, 2.24) is 9.97 Å². The number of halogens is 4. The number of nitrogens with one attached hydrogen (secondary N) is 2. The van der Waals surface area contributed by atoms with Gasteiger partial charge in [-0.25, -0.2) is 19.2 Å². The van der Waals surface area contributed by atoms with Crippen molar-refractivity contribution in [3.63, 3.8) is 0 Å². The number of alkyl halides is 3. The molecular formula is C24H20F4N4O4. The monoisotopic (exact) mass is 504 g/mol. The highest BCUT2D eigenvalue weighted by molar-refractivity contribution is 6.00. The highest BCUT2D eigenvalue weighted by Crippen LogP contribution is 2.41. The van der Waals surface area contributed by atoms with E-state index in [2.05, 4.69) is 20.6 Å². The molecule has 1 heterocycles. The van der Waals surface area contributed by atoms with Gasteiger partial charge in [0, 0.05) is 23.6 Å². The molecule has 0 aliphatic heterocycles. The predicted molar refractivity (Wildman–Crippen MR) is 121 cm³/mol. The number of aliphatic carboxylic acids is 1. The van der Waals surface area contributed by atoms with E-state index in [4.69, 9.17) is 4.74 Å². The third-order valence-electron chi connectivity index (χ3n) is 5.88. The maximum atomic E-state index is 13.2. The molecule has 1 aliphatic rings. The molecule has 0 saturated heterocycles. The van der Waals surface area contributed by atoms with Crippen LogP contribution in [0.15, 0.2) is 54.9 Å². The summed E-state index contributed by atoms with van der Waals surface area (Å²) in [4.78, 5) is 31.8. The van der Waals surface area contributed by atoms with Crippen LogP contribution in [0.3, 0.4) is 0 Å². The minimum atomic E-state index is -4.84. The van der Waals surface area contributed by atoms with E-state index in [1.54, 1.807) is 12.1 Å². The molecule has 8 nitrogen and oxygen atoms in total. The number of nitrogens with zero attached hydrogens (tertiary/aromatic N) is 2. The number of aromatic nitrogens is 2. The van der Waals surface area contributed by atoms with Crippen molar-refractivity contribution < 1.29 is 37.0 Å². The van der Waals surface area contributed by atoms with Crippen LogP contribution >= 0.6 is 0 Å². The molecule has 12 heteroatoms. The summed E-state index contributed by atoms with van der Waals surface area (Å²) in [7, 11) is 0. The van der Waals surface area contributed by atoms with Crippen LogP contribution in [0, 0.1) is 11.2 Å². The number of benzene rings is 2. The first-order chi connectivity index (χ1) is 17.1. The molecule has 3 N–H and O–H groups in total. The second-order valence-corrected chi connectivity index (χ2v) is 8.33. The van der Waals surface area contributed by atoms with Crippen LogP contribution in [0.4, 0.5) is 33.7 Å². The van der Waals surface area contributed by atoms with Crippen LogP contribution in [0.5, 0.6) is 6.01 Å². The van der Waals surface area contributed by atoms with Gasteiger partial charge in [0.2, 0.25) is 0 Å². The lowest BCUT2D eigenvalue weighted by Gasteiger charge is -2.36. The SMILES string of the molecule is O=C(Nc1ccc(-c2cnc(OCC3(C(=O)O)CCC3)nc2)cc1)Nc1ccc(F)cc1C(F)(F)F. The second-order valence-electron chi connectivity index (χ2n) is 8.33. The van der Waals surface area contributed by atoms with Crippen molar-refractivity contribution in [3.8, 4) is 17.1 Å². The van der Waals surface area contributed by atoms with Crippen LogP contribution in [0.2, 0.25) is 0 Å². The Bertz CT molecular complexity index is 1260. The smallest absolute Gasteiger partial charge is 0.418 e. The Hall–Kier alpha value is -4.22. The van der Waals surface area contributed by atoms with Gasteiger partial charge in [-0.1, -0.05) is 18.6 Å². The Kier molecular flexibility index (Phi) is 6.77. The molecule has 0 bridgehead atoms. The molecule has 188 valence electrons. The van der Waals surface area contributed by atoms with Crippen LogP contribution in [0.1, 0.15) is 24.8 Å². The largest absolute Gasteiger partial charge is 0.481 e. The fourth-order valence-corrected chi connectivity index (χ4v) is 3.66. The molecule has 0 atom stereocenters. The van der Waals surface area contributed by atoms with E-state index in [1.165, 1.54) is 24.5 Å². The number of anilines is 2. The van der Waals surface area contributed by atoms with E-state index >= 15 is 0 Å². The third-order valence-corrected chi connectivity index (χ3v) is 5.88. The molecule has 36 heavy (non-hydrogen) atoms. The summed E-state index contributed by atoms with van der Waals surface area (Å²) in [5, 5.41) is 13.8. The van der Waals surface area contributed by atoms with E-state index in [0.29, 0.717) is 35.7 Å². The van der Waals surface area contributed by atoms with Crippen molar-refractivity contribution in [3.05, 3.63) is 66.2 Å². The average molecular weight is 504 g/mol. The molecule has 0 unspecified atom stereocenters. The lowest BCUT2D eigenvalue weighted by molar-refractivity contribution is -0.157. The Labute approximate surface area is 202 Å². The summed E-state index contributed by atoms with van der Waals surface area (Å²) >= 11 is 0. The molecule has 1 aromatic heterocycles. The zero-order valence-electron chi connectivity index (χ0n) is 18.6. The molecule has 2 aromatic carbocycles. The number of hydrogen-bond acceptors (Lipinski definition) is 5. The lowest BCUT2D eigenvalue weighted by Crippen LogP contribution is -2.43. The van der Waals surface area contributed by atoms with Crippen molar-refractivity contribution in [2.45, 2.75) is 25.4 Å². The summed E-state index contributed by atoms with van der Waals surface area (Å²) < 4.78 is 58.0. The van der Waals surface area contributed by atoms with Gasteiger partial charge in [-0.3, -0.25) is 4.79 Å². The summed E-state index contributed by atoms with van der Waals surface area (Å²) in [5.41, 5.74) is -1.16. The highest BCUT2D eigenvalue weighted by Gasteiger charge is 2.45. The molecule has 1 aliphatic carbocycles. The van der Waals surface area contributed by atoms with Gasteiger partial charge < -0.3 is 20.5 Å². The number of amides is 2. The second kappa shape index (κ2) is 9.80. The normalized spacial score (nSPS) is 14.4. The first kappa shape index (κ1) is 24.9. The van der Waals surface area contributed by atoms with Crippen LogP contribution in [-0.4, -0.2) is 33.7 Å². The maximum absolute atomic E-state index is 13.2. The van der Waals surface area contributed by atoms with Gasteiger partial charge in [-0.05, 0) is 48.7 Å². The number of rotatable bonds is 7. The number of carboxylic acid groups (broad SMARTS) is 1. The molecule has 3 aromatic rings. The van der Waals surface area contributed by atoms with Gasteiger partial charge in [0.25, 0.3) is 0 Å². The summed E-state index contributed by atoms with van der Waals surface area (Å²) in [6, 6.07) is 7.42. The fraction of sp³-hybridized carbons (Fsp3) is 0.250. The molecule has 0 spiro atoms. The van der Waals surface area contributed by atoms with Gasteiger partial charge in [0.1, 0.15) is 17.8 Å². The van der Waals surface area contributed by atoms with Crippen molar-refractivity contribution in [2.75, 3.05) is 17.2 Å². The Morgan fingerprint density at radius 1 is 1.00 bits per heavy atom. The zero-order chi connectivity index (χ0) is 25.9. The van der Waals surface area contributed by atoms with Gasteiger partial charge >= 0.3 is 24.2 Å². The number of urea groups is 1. The predicted octanol–water partition coefficient (Wildman–Crippen LogP) is 5.58. The van der Waals surface area contributed by atoms with E-state index in [0.717, 1.165) is 18.6 Å².